The van der Waals surface area contributed by atoms with Crippen molar-refractivity contribution in [3.05, 3.63) is 53.2 Å². The van der Waals surface area contributed by atoms with Crippen LogP contribution in [0.15, 0.2) is 46.9 Å². The van der Waals surface area contributed by atoms with Gasteiger partial charge in [-0.05, 0) is 36.4 Å². The second-order valence-corrected chi connectivity index (χ2v) is 5.13. The number of carbonyl (C=O) groups excluding carboxylic acids is 1. The minimum Gasteiger partial charge on any atom is -0.454 e. The van der Waals surface area contributed by atoms with E-state index in [9.17, 15) is 4.79 Å². The predicted octanol–water partition coefficient (Wildman–Crippen LogP) is 4.03. The highest BCUT2D eigenvalue weighted by Crippen LogP contribution is 2.35. The van der Waals surface area contributed by atoms with E-state index in [0.29, 0.717) is 27.9 Å². The second kappa shape index (κ2) is 4.96. The third-order valence-electron chi connectivity index (χ3n) is 3.23. The molecule has 0 fully saturated rings. The fourth-order valence-electron chi connectivity index (χ4n) is 2.21. The number of benzene rings is 2. The van der Waals surface area contributed by atoms with Crippen LogP contribution in [0.2, 0.25) is 5.02 Å². The van der Waals surface area contributed by atoms with Gasteiger partial charge in [0.1, 0.15) is 11.3 Å². The Kier molecular flexibility index (Phi) is 2.94. The zero-order valence-electron chi connectivity index (χ0n) is 11.2. The van der Waals surface area contributed by atoms with Gasteiger partial charge >= 0.3 is 5.97 Å². The number of hydrogen-bond acceptors (Lipinski definition) is 5. The lowest BCUT2D eigenvalue weighted by atomic mass is 10.2. The molecule has 0 radical (unpaired) electrons. The van der Waals surface area contributed by atoms with E-state index in [2.05, 4.69) is 0 Å². The summed E-state index contributed by atoms with van der Waals surface area (Å²) in [6, 6.07) is 11.6. The predicted molar refractivity (Wildman–Crippen MR) is 78.7 cm³/mol. The first kappa shape index (κ1) is 13.0. The van der Waals surface area contributed by atoms with E-state index in [1.54, 1.807) is 42.5 Å². The van der Waals surface area contributed by atoms with E-state index in [-0.39, 0.29) is 12.6 Å². The van der Waals surface area contributed by atoms with Crippen LogP contribution in [0.1, 0.15) is 10.6 Å². The van der Waals surface area contributed by atoms with Crippen LogP contribution < -0.4 is 14.2 Å². The summed E-state index contributed by atoms with van der Waals surface area (Å²) in [6.45, 7) is 0.164. The molecule has 0 unspecified atom stereocenters. The number of rotatable bonds is 2. The van der Waals surface area contributed by atoms with Crippen LogP contribution in [0.3, 0.4) is 0 Å². The van der Waals surface area contributed by atoms with Crippen LogP contribution in [0, 0.1) is 0 Å². The quantitative estimate of drug-likeness (QED) is 0.527. The minimum atomic E-state index is -0.591. The van der Waals surface area contributed by atoms with Crippen molar-refractivity contribution in [1.82, 2.24) is 0 Å². The molecule has 1 aromatic heterocycles. The maximum atomic E-state index is 12.1. The molecule has 0 aliphatic carbocycles. The van der Waals surface area contributed by atoms with Gasteiger partial charge in [0.2, 0.25) is 12.6 Å². The highest BCUT2D eigenvalue weighted by molar-refractivity contribution is 6.31. The van der Waals surface area contributed by atoms with Gasteiger partial charge in [-0.2, -0.15) is 0 Å². The minimum absolute atomic E-state index is 0.106. The molecule has 2 aromatic carbocycles. The molecule has 0 bridgehead atoms. The average molecular weight is 317 g/mol. The molecule has 5 nitrogen and oxygen atoms in total. The zero-order valence-corrected chi connectivity index (χ0v) is 11.9. The van der Waals surface area contributed by atoms with Gasteiger partial charge in [0.15, 0.2) is 11.5 Å². The summed E-state index contributed by atoms with van der Waals surface area (Å²) in [5.74, 6) is 1.04. The SMILES string of the molecule is O=C(Oc1ccc2c(c1)OCO2)c1cc2cc(Cl)ccc2o1. The highest BCUT2D eigenvalue weighted by atomic mass is 35.5. The van der Waals surface area contributed by atoms with Gasteiger partial charge in [-0.3, -0.25) is 0 Å². The molecule has 6 heteroatoms. The number of furan rings is 1. The van der Waals surface area contributed by atoms with Gasteiger partial charge in [-0.25, -0.2) is 4.79 Å². The Bertz CT molecular complexity index is 883. The highest BCUT2D eigenvalue weighted by Gasteiger charge is 2.18. The first-order valence-corrected chi connectivity index (χ1v) is 6.88. The molecule has 0 saturated heterocycles. The van der Waals surface area contributed by atoms with Crippen LogP contribution in [0.4, 0.5) is 0 Å². The number of carbonyl (C=O) groups is 1. The van der Waals surface area contributed by atoms with Crippen molar-refractivity contribution in [3.63, 3.8) is 0 Å². The Labute approximate surface area is 129 Å². The lowest BCUT2D eigenvalue weighted by molar-refractivity contribution is 0.0703. The maximum Gasteiger partial charge on any atom is 0.379 e. The van der Waals surface area contributed by atoms with Crippen molar-refractivity contribution in [1.29, 1.82) is 0 Å². The van der Waals surface area contributed by atoms with Crippen LogP contribution in [-0.4, -0.2) is 12.8 Å². The van der Waals surface area contributed by atoms with Crippen LogP contribution in [-0.2, 0) is 0 Å². The standard InChI is InChI=1S/C16H9ClO5/c17-10-1-3-12-9(5-10)6-15(22-12)16(18)21-11-2-4-13-14(7-11)20-8-19-13/h1-7H,8H2. The summed E-state index contributed by atoms with van der Waals surface area (Å²) in [5, 5.41) is 1.31. The first-order valence-electron chi connectivity index (χ1n) is 6.50. The van der Waals surface area contributed by atoms with Crippen molar-refractivity contribution < 1.29 is 23.4 Å². The van der Waals surface area contributed by atoms with Gasteiger partial charge in [-0.1, -0.05) is 11.6 Å². The van der Waals surface area contributed by atoms with E-state index >= 15 is 0 Å². The molecule has 3 aromatic rings. The summed E-state index contributed by atoms with van der Waals surface area (Å²) < 4.78 is 21.2. The molecule has 2 heterocycles. The molecule has 0 saturated carbocycles. The lowest BCUT2D eigenvalue weighted by Crippen LogP contribution is -2.06. The Morgan fingerprint density at radius 2 is 1.91 bits per heavy atom. The number of esters is 1. The van der Waals surface area contributed by atoms with Crippen molar-refractivity contribution in [2.45, 2.75) is 0 Å². The molecule has 0 amide bonds. The van der Waals surface area contributed by atoms with Gasteiger partial charge in [-0.15, -0.1) is 0 Å². The molecule has 22 heavy (non-hydrogen) atoms. The Balaban J connectivity index is 1.60. The second-order valence-electron chi connectivity index (χ2n) is 4.70. The summed E-state index contributed by atoms with van der Waals surface area (Å²) in [7, 11) is 0. The van der Waals surface area contributed by atoms with Gasteiger partial charge in [0, 0.05) is 16.5 Å². The zero-order chi connectivity index (χ0) is 15.1. The van der Waals surface area contributed by atoms with E-state index < -0.39 is 5.97 Å². The Hall–Kier alpha value is -2.66. The number of hydrogen-bond donors (Lipinski definition) is 0. The molecule has 0 N–H and O–H groups in total. The van der Waals surface area contributed by atoms with Gasteiger partial charge < -0.3 is 18.6 Å². The number of halogens is 1. The van der Waals surface area contributed by atoms with Crippen molar-refractivity contribution >= 4 is 28.5 Å². The van der Waals surface area contributed by atoms with E-state index in [1.165, 1.54) is 0 Å². The topological polar surface area (TPSA) is 57.9 Å². The fraction of sp³-hybridized carbons (Fsp3) is 0.0625. The Morgan fingerprint density at radius 3 is 2.82 bits per heavy atom. The molecule has 1 aliphatic heterocycles. The number of fused-ring (bicyclic) bond motifs is 2. The average Bonchev–Trinajstić information content (AvgIpc) is 3.12. The fourth-order valence-corrected chi connectivity index (χ4v) is 2.39. The summed E-state index contributed by atoms with van der Waals surface area (Å²) in [6.07, 6.45) is 0. The van der Waals surface area contributed by atoms with Crippen molar-refractivity contribution in [2.75, 3.05) is 6.79 Å². The normalized spacial score (nSPS) is 12.6. The van der Waals surface area contributed by atoms with Crippen molar-refractivity contribution in [2.24, 2.45) is 0 Å². The lowest BCUT2D eigenvalue weighted by Gasteiger charge is -2.03. The number of ether oxygens (including phenoxy) is 3. The summed E-state index contributed by atoms with van der Waals surface area (Å²) >= 11 is 5.91. The van der Waals surface area contributed by atoms with Gasteiger partial charge in [0.25, 0.3) is 0 Å². The summed E-state index contributed by atoms with van der Waals surface area (Å²) in [4.78, 5) is 12.1. The van der Waals surface area contributed by atoms with Crippen LogP contribution >= 0.6 is 11.6 Å². The van der Waals surface area contributed by atoms with E-state index in [1.807, 2.05) is 0 Å². The molecule has 1 aliphatic rings. The third kappa shape index (κ3) is 2.25. The van der Waals surface area contributed by atoms with Crippen LogP contribution in [0.25, 0.3) is 11.0 Å². The molecular formula is C16H9ClO5. The van der Waals surface area contributed by atoms with Crippen molar-refractivity contribution in [3.8, 4) is 17.2 Å². The van der Waals surface area contributed by atoms with Gasteiger partial charge in [0.05, 0.1) is 0 Å². The van der Waals surface area contributed by atoms with E-state index in [4.69, 9.17) is 30.2 Å². The first-order chi connectivity index (χ1) is 10.7. The largest absolute Gasteiger partial charge is 0.454 e. The van der Waals surface area contributed by atoms with Crippen LogP contribution in [0.5, 0.6) is 17.2 Å². The monoisotopic (exact) mass is 316 g/mol. The molecule has 110 valence electrons. The molecule has 0 atom stereocenters. The third-order valence-corrected chi connectivity index (χ3v) is 3.47. The maximum absolute atomic E-state index is 12.1. The smallest absolute Gasteiger partial charge is 0.379 e. The Morgan fingerprint density at radius 1 is 1.05 bits per heavy atom. The molecular weight excluding hydrogens is 308 g/mol. The van der Waals surface area contributed by atoms with E-state index in [0.717, 1.165) is 5.39 Å². The molecule has 0 spiro atoms. The molecule has 4 rings (SSSR count). The summed E-state index contributed by atoms with van der Waals surface area (Å²) in [5.41, 5.74) is 0.571.